The molecule has 116 valence electrons. The van der Waals surface area contributed by atoms with Crippen LogP contribution in [0.25, 0.3) is 0 Å². The van der Waals surface area contributed by atoms with E-state index < -0.39 is 0 Å². The number of rotatable bonds is 4. The van der Waals surface area contributed by atoms with Gasteiger partial charge in [0.25, 0.3) is 0 Å². The average molecular weight is 338 g/mol. The molecule has 22 heavy (non-hydrogen) atoms. The van der Waals surface area contributed by atoms with Crippen LogP contribution in [0.15, 0.2) is 48.5 Å². The molecule has 2 atom stereocenters. The Balaban J connectivity index is 1.84. The summed E-state index contributed by atoms with van der Waals surface area (Å²) in [7, 11) is 0. The van der Waals surface area contributed by atoms with Gasteiger partial charge >= 0.3 is 0 Å². The molecule has 5 heteroatoms. The SMILES string of the molecule is Clc1ccc(OC(c2ccc(Cl)cc2)C2CNCCO2)cc1. The maximum Gasteiger partial charge on any atom is 0.151 e. The van der Waals surface area contributed by atoms with Crippen molar-refractivity contribution in [2.24, 2.45) is 0 Å². The first-order chi connectivity index (χ1) is 10.7. The van der Waals surface area contributed by atoms with Crippen LogP contribution in [0.4, 0.5) is 0 Å². The molecule has 0 radical (unpaired) electrons. The molecule has 0 amide bonds. The Morgan fingerprint density at radius 2 is 1.64 bits per heavy atom. The van der Waals surface area contributed by atoms with Gasteiger partial charge in [-0.25, -0.2) is 0 Å². The van der Waals surface area contributed by atoms with Crippen molar-refractivity contribution < 1.29 is 9.47 Å². The normalized spacial score (nSPS) is 19.6. The third-order valence-electron chi connectivity index (χ3n) is 3.57. The minimum absolute atomic E-state index is 0.0504. The van der Waals surface area contributed by atoms with Gasteiger partial charge in [-0.05, 0) is 42.0 Å². The van der Waals surface area contributed by atoms with Crippen molar-refractivity contribution in [3.05, 3.63) is 64.1 Å². The maximum absolute atomic E-state index is 6.17. The zero-order valence-corrected chi connectivity index (χ0v) is 13.5. The molecule has 0 spiro atoms. The first-order valence-corrected chi connectivity index (χ1v) is 7.98. The second-order valence-electron chi connectivity index (χ2n) is 5.16. The summed E-state index contributed by atoms with van der Waals surface area (Å²) in [5.74, 6) is 0.763. The Kier molecular flexibility index (Phi) is 5.21. The van der Waals surface area contributed by atoms with Crippen LogP contribution in [0.5, 0.6) is 5.75 Å². The van der Waals surface area contributed by atoms with E-state index in [1.807, 2.05) is 48.5 Å². The largest absolute Gasteiger partial charge is 0.483 e. The highest BCUT2D eigenvalue weighted by Gasteiger charge is 2.27. The highest BCUT2D eigenvalue weighted by molar-refractivity contribution is 6.30. The first-order valence-electron chi connectivity index (χ1n) is 7.22. The predicted octanol–water partition coefficient (Wildman–Crippen LogP) is 4.10. The van der Waals surface area contributed by atoms with Crippen LogP contribution in [-0.2, 0) is 4.74 Å². The molecule has 0 bridgehead atoms. The lowest BCUT2D eigenvalue weighted by Gasteiger charge is -2.31. The maximum atomic E-state index is 6.17. The van der Waals surface area contributed by atoms with Gasteiger partial charge in [-0.1, -0.05) is 35.3 Å². The van der Waals surface area contributed by atoms with Gasteiger partial charge in [0.1, 0.15) is 11.9 Å². The fourth-order valence-electron chi connectivity index (χ4n) is 2.45. The lowest BCUT2D eigenvalue weighted by atomic mass is 10.0. The van der Waals surface area contributed by atoms with Crippen molar-refractivity contribution >= 4 is 23.2 Å². The van der Waals surface area contributed by atoms with E-state index in [-0.39, 0.29) is 12.2 Å². The second kappa shape index (κ2) is 7.34. The van der Waals surface area contributed by atoms with Crippen molar-refractivity contribution in [3.63, 3.8) is 0 Å². The smallest absolute Gasteiger partial charge is 0.151 e. The lowest BCUT2D eigenvalue weighted by Crippen LogP contribution is -2.43. The zero-order valence-electron chi connectivity index (χ0n) is 12.0. The number of morpholine rings is 1. The summed E-state index contributed by atoms with van der Waals surface area (Å²) in [6.45, 7) is 2.30. The molecule has 1 fully saturated rings. The summed E-state index contributed by atoms with van der Waals surface area (Å²) >= 11 is 11.9. The van der Waals surface area contributed by atoms with E-state index in [1.54, 1.807) is 0 Å². The first kappa shape index (κ1) is 15.6. The average Bonchev–Trinajstić information content (AvgIpc) is 2.56. The van der Waals surface area contributed by atoms with Gasteiger partial charge in [-0.2, -0.15) is 0 Å². The Morgan fingerprint density at radius 3 is 2.23 bits per heavy atom. The fraction of sp³-hybridized carbons (Fsp3) is 0.294. The van der Waals surface area contributed by atoms with E-state index in [1.165, 1.54) is 0 Å². The lowest BCUT2D eigenvalue weighted by molar-refractivity contribution is -0.0432. The molecule has 3 rings (SSSR count). The standard InChI is InChI=1S/C17H17Cl2NO2/c18-13-3-1-12(2-4-13)17(16-11-20-9-10-21-16)22-15-7-5-14(19)6-8-15/h1-8,16-17,20H,9-11H2. The van der Waals surface area contributed by atoms with E-state index in [4.69, 9.17) is 32.7 Å². The molecule has 1 aliphatic heterocycles. The van der Waals surface area contributed by atoms with Crippen molar-refractivity contribution in [3.8, 4) is 5.75 Å². The van der Waals surface area contributed by atoms with Crippen LogP contribution >= 0.6 is 23.2 Å². The predicted molar refractivity (Wildman–Crippen MR) is 88.9 cm³/mol. The molecule has 3 nitrogen and oxygen atoms in total. The molecule has 1 heterocycles. The van der Waals surface area contributed by atoms with Crippen LogP contribution in [0, 0.1) is 0 Å². The number of hydrogen-bond donors (Lipinski definition) is 1. The highest BCUT2D eigenvalue weighted by atomic mass is 35.5. The quantitative estimate of drug-likeness (QED) is 0.910. The monoisotopic (exact) mass is 337 g/mol. The van der Waals surface area contributed by atoms with Gasteiger partial charge in [-0.3, -0.25) is 0 Å². The molecule has 1 aliphatic rings. The summed E-state index contributed by atoms with van der Waals surface area (Å²) in [6.07, 6.45) is -0.253. The summed E-state index contributed by atoms with van der Waals surface area (Å²) in [5, 5.41) is 4.73. The number of halogens is 2. The molecule has 0 saturated carbocycles. The number of hydrogen-bond acceptors (Lipinski definition) is 3. The molecule has 2 aromatic rings. The van der Waals surface area contributed by atoms with Gasteiger partial charge < -0.3 is 14.8 Å². The summed E-state index contributed by atoms with van der Waals surface area (Å²) in [6, 6.07) is 15.0. The zero-order chi connectivity index (χ0) is 15.4. The van der Waals surface area contributed by atoms with Crippen LogP contribution < -0.4 is 10.1 Å². The molecule has 1 saturated heterocycles. The molecular weight excluding hydrogens is 321 g/mol. The summed E-state index contributed by atoms with van der Waals surface area (Å²) in [4.78, 5) is 0. The Labute approximate surface area is 140 Å². The van der Waals surface area contributed by atoms with E-state index in [9.17, 15) is 0 Å². The van der Waals surface area contributed by atoms with Gasteiger partial charge in [0, 0.05) is 23.1 Å². The van der Waals surface area contributed by atoms with Crippen molar-refractivity contribution in [1.82, 2.24) is 5.32 Å². The van der Waals surface area contributed by atoms with E-state index in [2.05, 4.69) is 5.32 Å². The van der Waals surface area contributed by atoms with Gasteiger partial charge in [0.05, 0.1) is 6.61 Å². The van der Waals surface area contributed by atoms with Crippen LogP contribution in [0.2, 0.25) is 10.0 Å². The molecule has 2 aromatic carbocycles. The molecule has 0 aromatic heterocycles. The van der Waals surface area contributed by atoms with Crippen LogP contribution in [-0.4, -0.2) is 25.8 Å². The van der Waals surface area contributed by atoms with Gasteiger partial charge in [0.2, 0.25) is 0 Å². The van der Waals surface area contributed by atoms with Gasteiger partial charge in [0.15, 0.2) is 6.10 Å². The molecule has 0 aliphatic carbocycles. The second-order valence-corrected chi connectivity index (χ2v) is 6.03. The van der Waals surface area contributed by atoms with Crippen molar-refractivity contribution in [2.75, 3.05) is 19.7 Å². The molecule has 2 unspecified atom stereocenters. The third kappa shape index (κ3) is 3.93. The number of benzene rings is 2. The van der Waals surface area contributed by atoms with E-state index >= 15 is 0 Å². The van der Waals surface area contributed by atoms with Crippen LogP contribution in [0.1, 0.15) is 11.7 Å². The highest BCUT2D eigenvalue weighted by Crippen LogP contribution is 2.29. The Bertz CT molecular complexity index is 595. The summed E-state index contributed by atoms with van der Waals surface area (Å²) < 4.78 is 12.0. The van der Waals surface area contributed by atoms with E-state index in [0.717, 1.165) is 24.4 Å². The fourth-order valence-corrected chi connectivity index (χ4v) is 2.70. The molecule has 1 N–H and O–H groups in total. The van der Waals surface area contributed by atoms with Crippen LogP contribution in [0.3, 0.4) is 0 Å². The third-order valence-corrected chi connectivity index (χ3v) is 4.07. The topological polar surface area (TPSA) is 30.5 Å². The molecular formula is C17H17Cl2NO2. The van der Waals surface area contributed by atoms with E-state index in [0.29, 0.717) is 16.7 Å². The Hall–Kier alpha value is -1.26. The summed E-state index contributed by atoms with van der Waals surface area (Å²) in [5.41, 5.74) is 1.04. The van der Waals surface area contributed by atoms with Gasteiger partial charge in [-0.15, -0.1) is 0 Å². The Morgan fingerprint density at radius 1 is 1.00 bits per heavy atom. The minimum Gasteiger partial charge on any atom is -0.483 e. The van der Waals surface area contributed by atoms with Crippen molar-refractivity contribution in [1.29, 1.82) is 0 Å². The minimum atomic E-state index is -0.203. The van der Waals surface area contributed by atoms with Crippen molar-refractivity contribution in [2.45, 2.75) is 12.2 Å². The number of nitrogens with one attached hydrogen (secondary N) is 1. The number of ether oxygens (including phenoxy) is 2.